The van der Waals surface area contributed by atoms with Crippen molar-refractivity contribution in [1.29, 1.82) is 0 Å². The van der Waals surface area contributed by atoms with Crippen LogP contribution in [-0.2, 0) is 33.9 Å². The zero-order valence-electron chi connectivity index (χ0n) is 24.8. The Morgan fingerprint density at radius 2 is 1.67 bits per heavy atom. The standard InChI is InChI=1S/C33H40N4O5S/c1-21-9-7-8-12-26(21)17-35-32(40)28-19-43-20-37(28)33(41)30(39)27(15-24-10-5-4-6-11-24)36-29(38)18-42-31-22(2)13-25(16-34)14-23(31)3/h4-14,27-28,30,39H,15-20,34H2,1-3H3,(H,35,40)(H,36,38)/t27-,28-,30-/m0/s1. The Morgan fingerprint density at radius 3 is 2.35 bits per heavy atom. The monoisotopic (exact) mass is 604 g/mol. The molecule has 5 N–H and O–H groups in total. The number of hydrogen-bond acceptors (Lipinski definition) is 7. The summed E-state index contributed by atoms with van der Waals surface area (Å²) >= 11 is 1.45. The Bertz CT molecular complexity index is 1410. The van der Waals surface area contributed by atoms with Crippen LogP contribution in [0.1, 0.15) is 33.4 Å². The first-order chi connectivity index (χ1) is 20.7. The van der Waals surface area contributed by atoms with Crippen LogP contribution in [0.5, 0.6) is 5.75 Å². The van der Waals surface area contributed by atoms with Crippen molar-refractivity contribution in [3.63, 3.8) is 0 Å². The zero-order valence-corrected chi connectivity index (χ0v) is 25.7. The van der Waals surface area contributed by atoms with Crippen LogP contribution in [0.2, 0.25) is 0 Å². The Morgan fingerprint density at radius 1 is 1.00 bits per heavy atom. The number of carbonyl (C=O) groups is 3. The third kappa shape index (κ3) is 8.37. The molecule has 1 saturated heterocycles. The first kappa shape index (κ1) is 32.1. The van der Waals surface area contributed by atoms with Crippen molar-refractivity contribution in [2.75, 3.05) is 18.2 Å². The summed E-state index contributed by atoms with van der Waals surface area (Å²) in [4.78, 5) is 41.2. The van der Waals surface area contributed by atoms with Crippen LogP contribution in [0.15, 0.2) is 66.7 Å². The average Bonchev–Trinajstić information content (AvgIpc) is 3.50. The van der Waals surface area contributed by atoms with Gasteiger partial charge < -0.3 is 31.1 Å². The van der Waals surface area contributed by atoms with Crippen molar-refractivity contribution in [3.8, 4) is 5.75 Å². The fourth-order valence-electron chi connectivity index (χ4n) is 5.21. The maximum absolute atomic E-state index is 13.6. The van der Waals surface area contributed by atoms with E-state index in [-0.39, 0.29) is 24.8 Å². The van der Waals surface area contributed by atoms with Gasteiger partial charge in [0.25, 0.3) is 11.8 Å². The molecular formula is C33H40N4O5S. The van der Waals surface area contributed by atoms with Crippen molar-refractivity contribution < 1.29 is 24.2 Å². The van der Waals surface area contributed by atoms with E-state index in [9.17, 15) is 19.5 Å². The molecule has 228 valence electrons. The average molecular weight is 605 g/mol. The van der Waals surface area contributed by atoms with E-state index in [0.29, 0.717) is 24.6 Å². The van der Waals surface area contributed by atoms with E-state index in [4.69, 9.17) is 10.5 Å². The van der Waals surface area contributed by atoms with Gasteiger partial charge in [-0.15, -0.1) is 11.8 Å². The molecule has 1 fully saturated rings. The topological polar surface area (TPSA) is 134 Å². The number of carbonyl (C=O) groups excluding carboxylic acids is 3. The first-order valence-corrected chi connectivity index (χ1v) is 15.5. The molecule has 0 radical (unpaired) electrons. The number of amides is 3. The van der Waals surface area contributed by atoms with E-state index in [1.165, 1.54) is 16.7 Å². The largest absolute Gasteiger partial charge is 0.483 e. The highest BCUT2D eigenvalue weighted by Crippen LogP contribution is 2.25. The summed E-state index contributed by atoms with van der Waals surface area (Å²) in [5, 5.41) is 17.1. The first-order valence-electron chi connectivity index (χ1n) is 14.3. The predicted octanol–water partition coefficient (Wildman–Crippen LogP) is 2.76. The molecule has 43 heavy (non-hydrogen) atoms. The van der Waals surface area contributed by atoms with E-state index in [0.717, 1.165) is 33.4 Å². The Hall–Kier alpha value is -3.86. The summed E-state index contributed by atoms with van der Waals surface area (Å²) in [6.07, 6.45) is -1.35. The van der Waals surface area contributed by atoms with E-state index in [2.05, 4.69) is 10.6 Å². The fourth-order valence-corrected chi connectivity index (χ4v) is 6.37. The second-order valence-corrected chi connectivity index (χ2v) is 11.8. The van der Waals surface area contributed by atoms with E-state index < -0.39 is 30.0 Å². The van der Waals surface area contributed by atoms with Gasteiger partial charge in [0.2, 0.25) is 5.91 Å². The molecule has 1 heterocycles. The molecule has 0 aromatic heterocycles. The van der Waals surface area contributed by atoms with Gasteiger partial charge in [0, 0.05) is 18.8 Å². The summed E-state index contributed by atoms with van der Waals surface area (Å²) in [6, 6.07) is 19.3. The van der Waals surface area contributed by atoms with Crippen LogP contribution in [0.25, 0.3) is 0 Å². The maximum atomic E-state index is 13.6. The highest BCUT2D eigenvalue weighted by atomic mass is 32.2. The Kier molecular flexibility index (Phi) is 11.2. The molecule has 1 aliphatic heterocycles. The second kappa shape index (κ2) is 15.0. The van der Waals surface area contributed by atoms with Crippen LogP contribution in [-0.4, -0.2) is 64.2 Å². The van der Waals surface area contributed by atoms with Gasteiger partial charge in [0.05, 0.1) is 11.9 Å². The van der Waals surface area contributed by atoms with Crippen molar-refractivity contribution in [2.45, 2.75) is 58.5 Å². The Balaban J connectivity index is 1.44. The van der Waals surface area contributed by atoms with Crippen LogP contribution in [0.3, 0.4) is 0 Å². The number of thioether (sulfide) groups is 1. The normalized spacial score (nSPS) is 15.9. The van der Waals surface area contributed by atoms with E-state index >= 15 is 0 Å². The molecule has 3 aromatic rings. The highest BCUT2D eigenvalue weighted by Gasteiger charge is 2.40. The summed E-state index contributed by atoms with van der Waals surface area (Å²) in [7, 11) is 0. The van der Waals surface area contributed by atoms with Crippen LogP contribution in [0, 0.1) is 20.8 Å². The van der Waals surface area contributed by atoms with Gasteiger partial charge in [-0.3, -0.25) is 14.4 Å². The summed E-state index contributed by atoms with van der Waals surface area (Å²) < 4.78 is 5.85. The lowest BCUT2D eigenvalue weighted by Gasteiger charge is -2.30. The van der Waals surface area contributed by atoms with E-state index in [1.54, 1.807) is 0 Å². The SMILES string of the molecule is Cc1ccccc1CNC(=O)[C@@H]1CSCN1C(=O)[C@@H](O)[C@H](Cc1ccccc1)NC(=O)COc1c(C)cc(CN)cc1C. The van der Waals surface area contributed by atoms with Gasteiger partial charge in [0.15, 0.2) is 12.7 Å². The number of ether oxygens (including phenoxy) is 1. The lowest BCUT2D eigenvalue weighted by atomic mass is 9.99. The van der Waals surface area contributed by atoms with Crippen molar-refractivity contribution in [1.82, 2.24) is 15.5 Å². The minimum absolute atomic E-state index is 0.216. The summed E-state index contributed by atoms with van der Waals surface area (Å²) in [5.74, 6) is -0.0758. The lowest BCUT2D eigenvalue weighted by molar-refractivity contribution is -0.146. The molecule has 3 amide bonds. The molecule has 0 spiro atoms. The quantitative estimate of drug-likeness (QED) is 0.250. The predicted molar refractivity (Wildman–Crippen MR) is 168 cm³/mol. The van der Waals surface area contributed by atoms with Gasteiger partial charge in [-0.05, 0) is 60.6 Å². The number of benzene rings is 3. The number of aliphatic hydroxyl groups excluding tert-OH is 1. The molecule has 9 nitrogen and oxygen atoms in total. The minimum atomic E-state index is -1.57. The zero-order chi connectivity index (χ0) is 30.9. The highest BCUT2D eigenvalue weighted by molar-refractivity contribution is 7.99. The number of aryl methyl sites for hydroxylation is 3. The minimum Gasteiger partial charge on any atom is -0.483 e. The van der Waals surface area contributed by atoms with Crippen LogP contribution in [0.4, 0.5) is 0 Å². The van der Waals surface area contributed by atoms with Crippen LogP contribution >= 0.6 is 11.8 Å². The number of nitrogens with two attached hydrogens (primary N) is 1. The van der Waals surface area contributed by atoms with Crippen LogP contribution < -0.4 is 21.1 Å². The molecule has 3 atom stereocenters. The van der Waals surface area contributed by atoms with Crippen molar-refractivity contribution in [3.05, 3.63) is 100 Å². The third-order valence-corrected chi connectivity index (χ3v) is 8.58. The molecule has 1 aliphatic rings. The number of aliphatic hydroxyl groups is 1. The summed E-state index contributed by atoms with van der Waals surface area (Å²) in [6.45, 7) is 6.21. The summed E-state index contributed by atoms with van der Waals surface area (Å²) in [5.41, 5.74) is 11.4. The van der Waals surface area contributed by atoms with Gasteiger partial charge in [-0.25, -0.2) is 0 Å². The van der Waals surface area contributed by atoms with Gasteiger partial charge in [-0.2, -0.15) is 0 Å². The molecule has 0 saturated carbocycles. The molecule has 0 unspecified atom stereocenters. The number of nitrogens with zero attached hydrogens (tertiary/aromatic N) is 1. The van der Waals surface area contributed by atoms with Crippen molar-refractivity contribution in [2.24, 2.45) is 5.73 Å². The third-order valence-electron chi connectivity index (χ3n) is 7.56. The number of nitrogens with one attached hydrogen (secondary N) is 2. The molecule has 0 bridgehead atoms. The Labute approximate surface area is 257 Å². The fraction of sp³-hybridized carbons (Fsp3) is 0.364. The molecule has 4 rings (SSSR count). The number of hydrogen-bond donors (Lipinski definition) is 4. The lowest BCUT2D eigenvalue weighted by Crippen LogP contribution is -2.56. The molecule has 0 aliphatic carbocycles. The van der Waals surface area contributed by atoms with Gasteiger partial charge >= 0.3 is 0 Å². The smallest absolute Gasteiger partial charge is 0.258 e. The number of rotatable bonds is 12. The van der Waals surface area contributed by atoms with Crippen molar-refractivity contribution >= 4 is 29.5 Å². The van der Waals surface area contributed by atoms with Gasteiger partial charge in [-0.1, -0.05) is 66.7 Å². The van der Waals surface area contributed by atoms with Gasteiger partial charge in [0.1, 0.15) is 11.8 Å². The second-order valence-electron chi connectivity index (χ2n) is 10.8. The molecule has 3 aromatic carbocycles. The molecular weight excluding hydrogens is 564 g/mol. The molecule has 10 heteroatoms. The van der Waals surface area contributed by atoms with E-state index in [1.807, 2.05) is 87.5 Å². The maximum Gasteiger partial charge on any atom is 0.258 e.